The van der Waals surface area contributed by atoms with Crippen LogP contribution in [-0.2, 0) is 0 Å². The first-order valence-corrected chi connectivity index (χ1v) is 10.2. The fraction of sp³-hybridized carbons (Fsp3) is 0.478. The van der Waals surface area contributed by atoms with Crippen LogP contribution >= 0.6 is 0 Å². The first-order chi connectivity index (χ1) is 14.6. The molecule has 7 nitrogen and oxygen atoms in total. The van der Waals surface area contributed by atoms with E-state index < -0.39 is 6.10 Å². The number of rotatable bonds is 9. The monoisotopic (exact) mass is 416 g/mol. The molecule has 2 aromatic rings. The van der Waals surface area contributed by atoms with Crippen molar-refractivity contribution in [3.05, 3.63) is 42.0 Å². The number of anilines is 1. The molecule has 0 saturated carbocycles. The molecule has 30 heavy (non-hydrogen) atoms. The zero-order valence-corrected chi connectivity index (χ0v) is 18.3. The summed E-state index contributed by atoms with van der Waals surface area (Å²) in [5, 5.41) is 10.7. The Morgan fingerprint density at radius 2 is 1.43 bits per heavy atom. The van der Waals surface area contributed by atoms with E-state index >= 15 is 0 Å². The Morgan fingerprint density at radius 3 is 2.00 bits per heavy atom. The molecule has 0 bridgehead atoms. The maximum absolute atomic E-state index is 10.7. The summed E-state index contributed by atoms with van der Waals surface area (Å²) in [5.74, 6) is 2.54. The second-order valence-corrected chi connectivity index (χ2v) is 7.26. The summed E-state index contributed by atoms with van der Waals surface area (Å²) in [4.78, 5) is 4.73. The third kappa shape index (κ3) is 4.91. The Bertz CT molecular complexity index is 796. The summed E-state index contributed by atoms with van der Waals surface area (Å²) >= 11 is 0. The van der Waals surface area contributed by atoms with Crippen LogP contribution in [0.4, 0.5) is 5.69 Å². The molecule has 3 rings (SSSR count). The highest BCUT2D eigenvalue weighted by Crippen LogP contribution is 2.40. The van der Waals surface area contributed by atoms with Crippen molar-refractivity contribution >= 4 is 5.69 Å². The number of piperazine rings is 1. The zero-order chi connectivity index (χ0) is 21.5. The lowest BCUT2D eigenvalue weighted by atomic mass is 10.0. The van der Waals surface area contributed by atoms with Crippen LogP contribution in [0.2, 0.25) is 0 Å². The van der Waals surface area contributed by atoms with Crippen molar-refractivity contribution in [2.45, 2.75) is 12.5 Å². The number of hydrogen-bond acceptors (Lipinski definition) is 7. The van der Waals surface area contributed by atoms with Gasteiger partial charge in [0.15, 0.2) is 11.5 Å². The second-order valence-electron chi connectivity index (χ2n) is 7.26. The van der Waals surface area contributed by atoms with E-state index in [1.54, 1.807) is 28.4 Å². The van der Waals surface area contributed by atoms with Crippen LogP contribution < -0.4 is 23.8 Å². The Labute approximate surface area is 178 Å². The van der Waals surface area contributed by atoms with E-state index in [0.717, 1.165) is 49.7 Å². The van der Waals surface area contributed by atoms with E-state index in [2.05, 4.69) is 15.9 Å². The molecule has 0 aromatic heterocycles. The minimum Gasteiger partial charge on any atom is -0.495 e. The lowest BCUT2D eigenvalue weighted by molar-refractivity contribution is 0.138. The molecule has 0 aliphatic carbocycles. The van der Waals surface area contributed by atoms with Gasteiger partial charge in [0, 0.05) is 32.7 Å². The van der Waals surface area contributed by atoms with E-state index in [9.17, 15) is 5.11 Å². The summed E-state index contributed by atoms with van der Waals surface area (Å²) in [5.41, 5.74) is 1.90. The average molecular weight is 417 g/mol. The molecule has 1 heterocycles. The van der Waals surface area contributed by atoms with Gasteiger partial charge in [-0.3, -0.25) is 4.90 Å². The van der Waals surface area contributed by atoms with Gasteiger partial charge in [0.2, 0.25) is 5.75 Å². The van der Waals surface area contributed by atoms with Crippen LogP contribution in [0.1, 0.15) is 18.1 Å². The third-order valence-electron chi connectivity index (χ3n) is 5.59. The lowest BCUT2D eigenvalue weighted by Gasteiger charge is -2.36. The fourth-order valence-electron chi connectivity index (χ4n) is 3.87. The van der Waals surface area contributed by atoms with Gasteiger partial charge in [-0.05, 0) is 36.2 Å². The minimum absolute atomic E-state index is 0.531. The van der Waals surface area contributed by atoms with Crippen molar-refractivity contribution in [1.29, 1.82) is 0 Å². The van der Waals surface area contributed by atoms with Gasteiger partial charge in [-0.25, -0.2) is 0 Å². The molecule has 1 atom stereocenters. The maximum atomic E-state index is 10.7. The van der Waals surface area contributed by atoms with Gasteiger partial charge >= 0.3 is 0 Å². The highest BCUT2D eigenvalue weighted by Gasteiger charge is 2.22. The lowest BCUT2D eigenvalue weighted by Crippen LogP contribution is -2.46. The van der Waals surface area contributed by atoms with Crippen molar-refractivity contribution in [1.82, 2.24) is 4.90 Å². The Morgan fingerprint density at radius 1 is 0.833 bits per heavy atom. The number of nitrogens with zero attached hydrogens (tertiary/aromatic N) is 2. The quantitative estimate of drug-likeness (QED) is 0.674. The Kier molecular flexibility index (Phi) is 7.65. The first kappa shape index (κ1) is 22.1. The number of ether oxygens (including phenoxy) is 4. The van der Waals surface area contributed by atoms with Crippen LogP contribution in [0.25, 0.3) is 0 Å². The van der Waals surface area contributed by atoms with Crippen LogP contribution in [0.5, 0.6) is 23.0 Å². The highest BCUT2D eigenvalue weighted by atomic mass is 16.5. The highest BCUT2D eigenvalue weighted by molar-refractivity contribution is 5.58. The molecule has 1 aliphatic rings. The minimum atomic E-state index is -0.606. The topological polar surface area (TPSA) is 63.6 Å². The molecular formula is C23H32N2O5. The van der Waals surface area contributed by atoms with Crippen molar-refractivity contribution < 1.29 is 24.1 Å². The molecule has 7 heteroatoms. The van der Waals surface area contributed by atoms with E-state index in [1.165, 1.54) is 0 Å². The van der Waals surface area contributed by atoms with Gasteiger partial charge in [0.25, 0.3) is 0 Å². The van der Waals surface area contributed by atoms with Crippen LogP contribution in [-0.4, -0.2) is 71.2 Å². The van der Waals surface area contributed by atoms with Gasteiger partial charge in [-0.15, -0.1) is 0 Å². The largest absolute Gasteiger partial charge is 0.495 e. The number of hydrogen-bond donors (Lipinski definition) is 1. The molecule has 1 N–H and O–H groups in total. The van der Waals surface area contributed by atoms with Crippen LogP contribution in [0.3, 0.4) is 0 Å². The van der Waals surface area contributed by atoms with Crippen LogP contribution in [0, 0.1) is 0 Å². The van der Waals surface area contributed by atoms with E-state index in [1.807, 2.05) is 30.3 Å². The van der Waals surface area contributed by atoms with E-state index in [0.29, 0.717) is 23.7 Å². The predicted octanol–water partition coefficient (Wildman–Crippen LogP) is 2.97. The van der Waals surface area contributed by atoms with E-state index in [-0.39, 0.29) is 0 Å². The van der Waals surface area contributed by atoms with Gasteiger partial charge in [-0.2, -0.15) is 0 Å². The second kappa shape index (κ2) is 10.4. The molecule has 2 aromatic carbocycles. The number of aliphatic hydroxyl groups is 1. The molecule has 0 spiro atoms. The Balaban J connectivity index is 1.57. The molecular weight excluding hydrogens is 384 g/mol. The molecule has 1 fully saturated rings. The molecule has 0 radical (unpaired) electrons. The number of methoxy groups -OCH3 is 4. The number of benzene rings is 2. The van der Waals surface area contributed by atoms with Gasteiger partial charge in [0.05, 0.1) is 40.2 Å². The predicted molar refractivity (Wildman–Crippen MR) is 117 cm³/mol. The normalized spacial score (nSPS) is 15.6. The van der Waals surface area contributed by atoms with E-state index in [4.69, 9.17) is 18.9 Å². The zero-order valence-electron chi connectivity index (χ0n) is 18.3. The summed E-state index contributed by atoms with van der Waals surface area (Å²) in [6.07, 6.45) is 0.0266. The summed E-state index contributed by atoms with van der Waals surface area (Å²) in [6.45, 7) is 4.57. The van der Waals surface area contributed by atoms with Crippen molar-refractivity contribution in [3.8, 4) is 23.0 Å². The van der Waals surface area contributed by atoms with Crippen molar-refractivity contribution in [2.24, 2.45) is 0 Å². The molecule has 0 amide bonds. The summed E-state index contributed by atoms with van der Waals surface area (Å²) in [6, 6.07) is 11.7. The molecule has 1 unspecified atom stereocenters. The smallest absolute Gasteiger partial charge is 0.203 e. The molecule has 164 valence electrons. The number of para-hydroxylation sites is 2. The van der Waals surface area contributed by atoms with Gasteiger partial charge in [0.1, 0.15) is 5.75 Å². The summed E-state index contributed by atoms with van der Waals surface area (Å²) in [7, 11) is 6.43. The number of aliphatic hydroxyl groups excluding tert-OH is 1. The SMILES string of the molecule is COc1ccccc1N1CCN(CCC(O)c2cc(OC)c(OC)c(OC)c2)CC1. The fourth-order valence-corrected chi connectivity index (χ4v) is 3.87. The Hall–Kier alpha value is -2.64. The molecule has 1 saturated heterocycles. The van der Waals surface area contributed by atoms with Crippen molar-refractivity contribution in [3.63, 3.8) is 0 Å². The molecule has 1 aliphatic heterocycles. The first-order valence-electron chi connectivity index (χ1n) is 10.2. The average Bonchev–Trinajstić information content (AvgIpc) is 2.81. The van der Waals surface area contributed by atoms with Crippen molar-refractivity contribution in [2.75, 3.05) is 66.1 Å². The standard InChI is InChI=1S/C23H32N2O5/c1-27-20-8-6-5-7-18(20)25-13-11-24(12-14-25)10-9-19(26)17-15-21(28-2)23(30-4)22(16-17)29-3/h5-8,15-16,19,26H,9-14H2,1-4H3. The third-order valence-corrected chi connectivity index (χ3v) is 5.59. The van der Waals surface area contributed by atoms with Gasteiger partial charge < -0.3 is 29.0 Å². The maximum Gasteiger partial charge on any atom is 0.203 e. The van der Waals surface area contributed by atoms with Gasteiger partial charge in [-0.1, -0.05) is 12.1 Å². The summed E-state index contributed by atoms with van der Waals surface area (Å²) < 4.78 is 21.6. The van der Waals surface area contributed by atoms with Crippen LogP contribution in [0.15, 0.2) is 36.4 Å².